The Morgan fingerprint density at radius 1 is 1.32 bits per heavy atom. The number of benzene rings is 1. The Morgan fingerprint density at radius 3 is 2.79 bits per heavy atom. The molecule has 0 bridgehead atoms. The topological polar surface area (TPSA) is 73.5 Å². The Labute approximate surface area is 177 Å². The molecular weight excluding hydrogens is 396 g/mol. The second-order valence-electron chi connectivity index (χ2n) is 7.21. The van der Waals surface area contributed by atoms with E-state index in [-0.39, 0.29) is 11.8 Å². The van der Waals surface area contributed by atoms with Crippen LogP contribution in [0.15, 0.2) is 18.2 Å². The van der Waals surface area contributed by atoms with Crippen molar-refractivity contribution in [2.24, 2.45) is 5.92 Å². The van der Waals surface area contributed by atoms with E-state index in [9.17, 15) is 9.59 Å². The van der Waals surface area contributed by atoms with Crippen molar-refractivity contribution in [3.05, 3.63) is 28.8 Å². The van der Waals surface area contributed by atoms with Gasteiger partial charge in [-0.3, -0.25) is 20.4 Å². The lowest BCUT2D eigenvalue weighted by molar-refractivity contribution is -0.117. The third kappa shape index (κ3) is 6.63. The number of nitrogens with zero attached hydrogens (tertiary/aromatic N) is 1. The van der Waals surface area contributed by atoms with Crippen LogP contribution >= 0.6 is 23.8 Å². The molecule has 1 heterocycles. The van der Waals surface area contributed by atoms with Crippen molar-refractivity contribution in [3.63, 3.8) is 0 Å². The molecule has 3 N–H and O–H groups in total. The third-order valence-corrected chi connectivity index (χ3v) is 5.34. The molecule has 6 nitrogen and oxygen atoms in total. The lowest BCUT2D eigenvalue weighted by atomic mass is 10.0. The second kappa shape index (κ2) is 11.2. The summed E-state index contributed by atoms with van der Waals surface area (Å²) < 4.78 is 0. The smallest absolute Gasteiger partial charge is 0.269 e. The molecule has 1 aliphatic rings. The largest absolute Gasteiger partial charge is 0.361 e. The summed E-state index contributed by atoms with van der Waals surface area (Å²) in [5.74, 6) is 0.194. The average molecular weight is 425 g/mol. The van der Waals surface area contributed by atoms with Crippen LogP contribution in [-0.4, -0.2) is 30.0 Å². The van der Waals surface area contributed by atoms with E-state index in [0.29, 0.717) is 40.3 Å². The Morgan fingerprint density at radius 2 is 2.11 bits per heavy atom. The molecule has 2 rings (SSSR count). The van der Waals surface area contributed by atoms with E-state index in [2.05, 4.69) is 30.0 Å². The van der Waals surface area contributed by atoms with Gasteiger partial charge in [-0.25, -0.2) is 0 Å². The molecule has 2 amide bonds. The molecule has 28 heavy (non-hydrogen) atoms. The number of halogens is 1. The van der Waals surface area contributed by atoms with E-state index in [4.69, 9.17) is 23.8 Å². The lowest BCUT2D eigenvalue weighted by Crippen LogP contribution is -2.47. The van der Waals surface area contributed by atoms with E-state index in [1.807, 2.05) is 0 Å². The molecule has 0 aromatic heterocycles. The highest BCUT2D eigenvalue weighted by atomic mass is 35.5. The minimum Gasteiger partial charge on any atom is -0.361 e. The highest BCUT2D eigenvalue weighted by molar-refractivity contribution is 7.80. The Hall–Kier alpha value is -1.86. The molecule has 0 radical (unpaired) electrons. The third-order valence-electron chi connectivity index (χ3n) is 4.77. The van der Waals surface area contributed by atoms with Crippen LogP contribution in [-0.2, 0) is 4.79 Å². The van der Waals surface area contributed by atoms with Gasteiger partial charge < -0.3 is 10.2 Å². The van der Waals surface area contributed by atoms with E-state index in [0.717, 1.165) is 19.4 Å². The van der Waals surface area contributed by atoms with Crippen molar-refractivity contribution in [3.8, 4) is 0 Å². The molecule has 1 aromatic rings. The molecule has 1 aromatic carbocycles. The molecule has 1 saturated heterocycles. The molecule has 0 aliphatic carbocycles. The Balaban J connectivity index is 1.82. The summed E-state index contributed by atoms with van der Waals surface area (Å²) >= 11 is 11.4. The first-order chi connectivity index (χ1) is 13.4. The predicted octanol–water partition coefficient (Wildman–Crippen LogP) is 3.79. The van der Waals surface area contributed by atoms with Crippen molar-refractivity contribution in [1.82, 2.24) is 16.2 Å². The number of rotatable bonds is 8. The van der Waals surface area contributed by atoms with E-state index in [1.165, 1.54) is 19.3 Å². The van der Waals surface area contributed by atoms with Gasteiger partial charge in [0.05, 0.1) is 10.7 Å². The Bertz CT molecular complexity index is 713. The van der Waals surface area contributed by atoms with Crippen molar-refractivity contribution in [2.75, 3.05) is 18.0 Å². The number of unbranched alkanes of at least 4 members (excludes halogenated alkanes) is 2. The van der Waals surface area contributed by atoms with E-state index in [1.54, 1.807) is 23.1 Å². The van der Waals surface area contributed by atoms with E-state index >= 15 is 0 Å². The van der Waals surface area contributed by atoms with Gasteiger partial charge in [-0.05, 0) is 49.2 Å². The number of carbonyl (C=O) groups is 2. The van der Waals surface area contributed by atoms with Crippen molar-refractivity contribution in [1.29, 1.82) is 0 Å². The van der Waals surface area contributed by atoms with Crippen LogP contribution < -0.4 is 21.1 Å². The van der Waals surface area contributed by atoms with Gasteiger partial charge in [0, 0.05) is 25.1 Å². The lowest BCUT2D eigenvalue weighted by Gasteiger charge is -2.18. The van der Waals surface area contributed by atoms with E-state index < -0.39 is 0 Å². The minimum atomic E-state index is -0.343. The number of carbonyl (C=O) groups excluding carboxylic acids is 2. The van der Waals surface area contributed by atoms with Crippen LogP contribution in [0.1, 0.15) is 62.7 Å². The average Bonchev–Trinajstić information content (AvgIpc) is 3.10. The van der Waals surface area contributed by atoms with Crippen molar-refractivity contribution >= 4 is 46.4 Å². The zero-order chi connectivity index (χ0) is 20.5. The summed E-state index contributed by atoms with van der Waals surface area (Å²) in [6, 6.07) is 4.89. The molecule has 0 saturated carbocycles. The van der Waals surface area contributed by atoms with Gasteiger partial charge in [-0.1, -0.05) is 44.7 Å². The molecule has 0 spiro atoms. The molecular formula is C20H29ClN4O2S. The maximum atomic E-state index is 12.4. The predicted molar refractivity (Wildman–Crippen MR) is 118 cm³/mol. The number of thiocarbonyl (C=S) groups is 1. The van der Waals surface area contributed by atoms with Gasteiger partial charge in [-0.15, -0.1) is 0 Å². The van der Waals surface area contributed by atoms with Gasteiger partial charge in [0.2, 0.25) is 5.91 Å². The first-order valence-corrected chi connectivity index (χ1v) is 10.6. The highest BCUT2D eigenvalue weighted by Crippen LogP contribution is 2.30. The normalized spacial score (nSPS) is 14.7. The van der Waals surface area contributed by atoms with Gasteiger partial charge in [0.25, 0.3) is 5.91 Å². The number of hydrogen-bond acceptors (Lipinski definition) is 3. The van der Waals surface area contributed by atoms with Crippen molar-refractivity contribution in [2.45, 2.75) is 52.4 Å². The number of nitrogens with one attached hydrogen (secondary N) is 3. The van der Waals surface area contributed by atoms with Crippen LogP contribution in [0.2, 0.25) is 5.02 Å². The fourth-order valence-corrected chi connectivity index (χ4v) is 3.46. The number of hydrogen-bond donors (Lipinski definition) is 3. The minimum absolute atomic E-state index is 0.0241. The van der Waals surface area contributed by atoms with Gasteiger partial charge in [0.1, 0.15) is 0 Å². The van der Waals surface area contributed by atoms with Crippen molar-refractivity contribution < 1.29 is 9.59 Å². The fraction of sp³-hybridized carbons (Fsp3) is 0.550. The first kappa shape index (κ1) is 22.4. The fourth-order valence-electron chi connectivity index (χ4n) is 3.11. The van der Waals surface area contributed by atoms with Crippen LogP contribution in [0.5, 0.6) is 0 Å². The summed E-state index contributed by atoms with van der Waals surface area (Å²) in [4.78, 5) is 26.0. The number of amides is 2. The van der Waals surface area contributed by atoms with Crippen LogP contribution in [0.3, 0.4) is 0 Å². The zero-order valence-electron chi connectivity index (χ0n) is 16.5. The molecule has 0 unspecified atom stereocenters. The summed E-state index contributed by atoms with van der Waals surface area (Å²) in [5, 5.41) is 3.95. The van der Waals surface area contributed by atoms with Gasteiger partial charge in [-0.2, -0.15) is 0 Å². The van der Waals surface area contributed by atoms with Gasteiger partial charge >= 0.3 is 0 Å². The standard InChI is InChI=1S/C20H29ClN4O2S/c1-3-4-5-7-14(2)13-22-20(28)24-23-19(27)15-9-10-16(21)17(12-15)25-11-6-8-18(25)26/h9-10,12,14H,3-8,11,13H2,1-2H3,(H,23,27)(H2,22,24,28)/t14-/m0/s1. The highest BCUT2D eigenvalue weighted by Gasteiger charge is 2.24. The maximum absolute atomic E-state index is 12.4. The first-order valence-electron chi connectivity index (χ1n) is 9.86. The summed E-state index contributed by atoms with van der Waals surface area (Å²) in [7, 11) is 0. The van der Waals surface area contributed by atoms with Crippen LogP contribution in [0.4, 0.5) is 5.69 Å². The quantitative estimate of drug-likeness (QED) is 0.336. The number of hydrazine groups is 1. The monoisotopic (exact) mass is 424 g/mol. The van der Waals surface area contributed by atoms with Crippen LogP contribution in [0.25, 0.3) is 0 Å². The molecule has 154 valence electrons. The summed E-state index contributed by atoms with van der Waals surface area (Å²) in [6.45, 7) is 5.75. The summed E-state index contributed by atoms with van der Waals surface area (Å²) in [5.41, 5.74) is 6.28. The second-order valence-corrected chi connectivity index (χ2v) is 8.02. The SMILES string of the molecule is CCCCC[C@H](C)CNC(=S)NNC(=O)c1ccc(Cl)c(N2CCCC2=O)c1. The Kier molecular flexibility index (Phi) is 8.99. The molecule has 1 aliphatic heterocycles. The number of anilines is 1. The van der Waals surface area contributed by atoms with Crippen LogP contribution in [0, 0.1) is 5.92 Å². The van der Waals surface area contributed by atoms with Gasteiger partial charge in [0.15, 0.2) is 5.11 Å². The molecule has 8 heteroatoms. The summed E-state index contributed by atoms with van der Waals surface area (Å²) in [6.07, 6.45) is 6.13. The zero-order valence-corrected chi connectivity index (χ0v) is 18.1. The molecule has 1 atom stereocenters. The molecule has 1 fully saturated rings. The maximum Gasteiger partial charge on any atom is 0.269 e.